The summed E-state index contributed by atoms with van der Waals surface area (Å²) in [5.41, 5.74) is 8.27. The summed E-state index contributed by atoms with van der Waals surface area (Å²) in [6, 6.07) is 16.1. The number of hydrogen-bond acceptors (Lipinski definition) is 6. The fourth-order valence-corrected chi connectivity index (χ4v) is 3.70. The van der Waals surface area contributed by atoms with E-state index in [-0.39, 0.29) is 29.6 Å². The SMILES string of the molecule is Nc1ncc(-c2ccc(C(=O)NC3CCC(O)CC3)cc2)nc1C(=O)Nc1ccccc1. The van der Waals surface area contributed by atoms with Crippen molar-refractivity contribution in [3.05, 3.63) is 72.1 Å². The van der Waals surface area contributed by atoms with Gasteiger partial charge in [-0.1, -0.05) is 30.3 Å². The third-order valence-electron chi connectivity index (χ3n) is 5.52. The van der Waals surface area contributed by atoms with Crippen LogP contribution in [0.15, 0.2) is 60.8 Å². The van der Waals surface area contributed by atoms with Gasteiger partial charge in [0, 0.05) is 22.9 Å². The van der Waals surface area contributed by atoms with Crippen LogP contribution >= 0.6 is 0 Å². The first-order valence-corrected chi connectivity index (χ1v) is 10.6. The third-order valence-corrected chi connectivity index (χ3v) is 5.52. The Morgan fingerprint density at radius 3 is 2.31 bits per heavy atom. The second-order valence-corrected chi connectivity index (χ2v) is 7.87. The molecule has 1 heterocycles. The van der Waals surface area contributed by atoms with Crippen molar-refractivity contribution in [2.75, 3.05) is 11.1 Å². The number of carbonyl (C=O) groups is 2. The number of carbonyl (C=O) groups excluding carboxylic acids is 2. The molecule has 8 heteroatoms. The van der Waals surface area contributed by atoms with E-state index in [2.05, 4.69) is 20.6 Å². The molecular weight excluding hydrogens is 406 g/mol. The van der Waals surface area contributed by atoms with Crippen LogP contribution in [0.25, 0.3) is 11.3 Å². The lowest BCUT2D eigenvalue weighted by Crippen LogP contribution is -2.38. The molecule has 2 amide bonds. The molecule has 1 aliphatic carbocycles. The van der Waals surface area contributed by atoms with Crippen LogP contribution < -0.4 is 16.4 Å². The molecule has 164 valence electrons. The molecule has 1 aromatic heterocycles. The van der Waals surface area contributed by atoms with Gasteiger partial charge < -0.3 is 21.5 Å². The van der Waals surface area contributed by atoms with Crippen LogP contribution in [0, 0.1) is 0 Å². The van der Waals surface area contributed by atoms with E-state index in [4.69, 9.17) is 5.73 Å². The van der Waals surface area contributed by atoms with Gasteiger partial charge in [0.05, 0.1) is 18.0 Å². The van der Waals surface area contributed by atoms with Crippen LogP contribution in [0.1, 0.15) is 46.5 Å². The normalized spacial score (nSPS) is 18.0. The minimum Gasteiger partial charge on any atom is -0.393 e. The lowest BCUT2D eigenvalue weighted by atomic mass is 9.93. The molecule has 3 aromatic rings. The van der Waals surface area contributed by atoms with Gasteiger partial charge in [-0.3, -0.25) is 9.59 Å². The molecule has 0 aliphatic heterocycles. The largest absolute Gasteiger partial charge is 0.393 e. The van der Waals surface area contributed by atoms with Gasteiger partial charge in [0.1, 0.15) is 0 Å². The topological polar surface area (TPSA) is 130 Å². The van der Waals surface area contributed by atoms with E-state index >= 15 is 0 Å². The van der Waals surface area contributed by atoms with Gasteiger partial charge in [0.2, 0.25) is 0 Å². The zero-order valence-electron chi connectivity index (χ0n) is 17.5. The van der Waals surface area contributed by atoms with Crippen LogP contribution in [0.2, 0.25) is 0 Å². The van der Waals surface area contributed by atoms with E-state index in [1.54, 1.807) is 36.4 Å². The molecule has 32 heavy (non-hydrogen) atoms. The number of nitrogen functional groups attached to an aromatic ring is 1. The number of nitrogens with two attached hydrogens (primary N) is 1. The van der Waals surface area contributed by atoms with Crippen molar-refractivity contribution < 1.29 is 14.7 Å². The summed E-state index contributed by atoms with van der Waals surface area (Å²) in [6.07, 6.45) is 4.21. The van der Waals surface area contributed by atoms with Crippen molar-refractivity contribution in [2.24, 2.45) is 0 Å². The number of aromatic nitrogens is 2. The minimum absolute atomic E-state index is 0.0349. The minimum atomic E-state index is -0.448. The monoisotopic (exact) mass is 431 g/mol. The molecule has 0 atom stereocenters. The summed E-state index contributed by atoms with van der Waals surface area (Å²) in [7, 11) is 0. The molecule has 4 rings (SSSR count). The number of anilines is 2. The lowest BCUT2D eigenvalue weighted by Gasteiger charge is -2.26. The fraction of sp³-hybridized carbons (Fsp3) is 0.250. The Balaban J connectivity index is 1.46. The molecular formula is C24H25N5O3. The molecule has 0 unspecified atom stereocenters. The second-order valence-electron chi connectivity index (χ2n) is 7.87. The lowest BCUT2D eigenvalue weighted by molar-refractivity contribution is 0.0867. The summed E-state index contributed by atoms with van der Waals surface area (Å²) in [5, 5.41) is 15.4. The van der Waals surface area contributed by atoms with E-state index in [0.717, 1.165) is 12.8 Å². The van der Waals surface area contributed by atoms with Crippen molar-refractivity contribution in [3.8, 4) is 11.3 Å². The maximum Gasteiger partial charge on any atom is 0.278 e. The van der Waals surface area contributed by atoms with Gasteiger partial charge in [-0.2, -0.15) is 0 Å². The Hall–Kier alpha value is -3.78. The number of amides is 2. The van der Waals surface area contributed by atoms with Crippen LogP contribution in [0.5, 0.6) is 0 Å². The molecule has 0 bridgehead atoms. The third kappa shape index (κ3) is 5.09. The summed E-state index contributed by atoms with van der Waals surface area (Å²) >= 11 is 0. The smallest absolute Gasteiger partial charge is 0.278 e. The van der Waals surface area contributed by atoms with Crippen molar-refractivity contribution in [1.29, 1.82) is 0 Å². The highest BCUT2D eigenvalue weighted by atomic mass is 16.3. The Morgan fingerprint density at radius 1 is 0.938 bits per heavy atom. The molecule has 1 saturated carbocycles. The van der Waals surface area contributed by atoms with E-state index in [9.17, 15) is 14.7 Å². The number of hydrogen-bond donors (Lipinski definition) is 4. The van der Waals surface area contributed by atoms with Gasteiger partial charge in [0.25, 0.3) is 11.8 Å². The highest BCUT2D eigenvalue weighted by molar-refractivity contribution is 6.06. The van der Waals surface area contributed by atoms with Crippen LogP contribution in [-0.4, -0.2) is 39.0 Å². The zero-order valence-corrected chi connectivity index (χ0v) is 17.5. The van der Waals surface area contributed by atoms with Gasteiger partial charge >= 0.3 is 0 Å². The summed E-state index contributed by atoms with van der Waals surface area (Å²) < 4.78 is 0. The molecule has 0 saturated heterocycles. The van der Waals surface area contributed by atoms with E-state index in [1.165, 1.54) is 6.20 Å². The number of aliphatic hydroxyl groups is 1. The van der Waals surface area contributed by atoms with Gasteiger partial charge in [0.15, 0.2) is 11.5 Å². The maximum atomic E-state index is 12.6. The van der Waals surface area contributed by atoms with Crippen molar-refractivity contribution in [3.63, 3.8) is 0 Å². The molecule has 0 radical (unpaired) electrons. The van der Waals surface area contributed by atoms with E-state index in [1.807, 2.05) is 18.2 Å². The second kappa shape index (κ2) is 9.57. The number of nitrogens with zero attached hydrogens (tertiary/aromatic N) is 2. The highest BCUT2D eigenvalue weighted by Crippen LogP contribution is 2.21. The van der Waals surface area contributed by atoms with E-state index < -0.39 is 5.91 Å². The average molecular weight is 431 g/mol. The Kier molecular flexibility index (Phi) is 6.42. The molecule has 1 fully saturated rings. The maximum absolute atomic E-state index is 12.6. The van der Waals surface area contributed by atoms with Crippen LogP contribution in [0.4, 0.5) is 11.5 Å². The van der Waals surface area contributed by atoms with E-state index in [0.29, 0.717) is 35.3 Å². The quantitative estimate of drug-likeness (QED) is 0.491. The summed E-state index contributed by atoms with van der Waals surface area (Å²) in [6.45, 7) is 0. The predicted molar refractivity (Wildman–Crippen MR) is 122 cm³/mol. The van der Waals surface area contributed by atoms with Crippen molar-refractivity contribution in [1.82, 2.24) is 15.3 Å². The van der Waals surface area contributed by atoms with Crippen LogP contribution in [-0.2, 0) is 0 Å². The Morgan fingerprint density at radius 2 is 1.62 bits per heavy atom. The molecule has 1 aliphatic rings. The predicted octanol–water partition coefficient (Wildman–Crippen LogP) is 3.01. The van der Waals surface area contributed by atoms with Gasteiger partial charge in [-0.05, 0) is 49.9 Å². The average Bonchev–Trinajstić information content (AvgIpc) is 2.81. The van der Waals surface area contributed by atoms with Gasteiger partial charge in [-0.15, -0.1) is 0 Å². The first-order chi connectivity index (χ1) is 15.5. The molecule has 5 N–H and O–H groups in total. The number of benzene rings is 2. The standard InChI is InChI=1S/C24H25N5O3/c25-22-21(24(32)28-17-4-2-1-3-5-17)29-20(14-26-22)15-6-8-16(9-7-15)23(31)27-18-10-12-19(30)13-11-18/h1-9,14,18-19,30H,10-13H2,(H2,25,26)(H,27,31)(H,28,32). The number of aliphatic hydroxyl groups excluding tert-OH is 1. The number of rotatable bonds is 5. The van der Waals surface area contributed by atoms with Crippen molar-refractivity contribution in [2.45, 2.75) is 37.8 Å². The molecule has 2 aromatic carbocycles. The highest BCUT2D eigenvalue weighted by Gasteiger charge is 2.21. The molecule has 0 spiro atoms. The van der Waals surface area contributed by atoms with Crippen molar-refractivity contribution >= 4 is 23.3 Å². The first-order valence-electron chi connectivity index (χ1n) is 10.6. The van der Waals surface area contributed by atoms with Crippen LogP contribution in [0.3, 0.4) is 0 Å². The summed E-state index contributed by atoms with van der Waals surface area (Å²) in [5.74, 6) is -0.559. The van der Waals surface area contributed by atoms with Gasteiger partial charge in [-0.25, -0.2) is 9.97 Å². The number of para-hydroxylation sites is 1. The fourth-order valence-electron chi connectivity index (χ4n) is 3.70. The first kappa shape index (κ1) is 21.5. The summed E-state index contributed by atoms with van der Waals surface area (Å²) in [4.78, 5) is 33.6. The number of nitrogens with one attached hydrogen (secondary N) is 2. The Labute approximate surface area is 185 Å². The zero-order chi connectivity index (χ0) is 22.5. The Bertz CT molecular complexity index is 1090. The molecule has 8 nitrogen and oxygen atoms in total.